The van der Waals surface area contributed by atoms with Gasteiger partial charge in [-0.1, -0.05) is 13.3 Å². The van der Waals surface area contributed by atoms with E-state index in [-0.39, 0.29) is 23.7 Å². The van der Waals surface area contributed by atoms with Crippen LogP contribution in [0.2, 0.25) is 0 Å². The second-order valence-corrected chi connectivity index (χ2v) is 6.50. The van der Waals surface area contributed by atoms with Gasteiger partial charge < -0.3 is 16.2 Å². The van der Waals surface area contributed by atoms with Gasteiger partial charge in [-0.2, -0.15) is 4.31 Å². The molecule has 1 rings (SSSR count). The standard InChI is InChI=1S/C13H21N3O4S/c1-3-4-7-16(9-13(15)17)21(18,19)10-5-6-11(14)12(8-10)20-2/h5-6,8H,3-4,7,9,14H2,1-2H3,(H2,15,17). The van der Waals surface area contributed by atoms with Crippen LogP contribution in [0.4, 0.5) is 5.69 Å². The molecule has 0 saturated heterocycles. The molecular weight excluding hydrogens is 294 g/mol. The molecule has 7 nitrogen and oxygen atoms in total. The molecule has 21 heavy (non-hydrogen) atoms. The van der Waals surface area contributed by atoms with Gasteiger partial charge in [-0.15, -0.1) is 0 Å². The maximum Gasteiger partial charge on any atom is 0.243 e. The summed E-state index contributed by atoms with van der Waals surface area (Å²) >= 11 is 0. The van der Waals surface area contributed by atoms with Gasteiger partial charge >= 0.3 is 0 Å². The molecule has 0 fully saturated rings. The number of carbonyl (C=O) groups is 1. The lowest BCUT2D eigenvalue weighted by Crippen LogP contribution is -2.39. The zero-order chi connectivity index (χ0) is 16.0. The molecule has 0 heterocycles. The van der Waals surface area contributed by atoms with E-state index in [0.717, 1.165) is 10.7 Å². The van der Waals surface area contributed by atoms with Crippen LogP contribution in [0.25, 0.3) is 0 Å². The van der Waals surface area contributed by atoms with Gasteiger partial charge in [-0.25, -0.2) is 8.42 Å². The number of hydrogen-bond acceptors (Lipinski definition) is 5. The van der Waals surface area contributed by atoms with Gasteiger partial charge in [-0.3, -0.25) is 4.79 Å². The number of unbranched alkanes of at least 4 members (excludes halogenated alkanes) is 1. The fourth-order valence-corrected chi connectivity index (χ4v) is 3.25. The number of primary amides is 1. The Labute approximate surface area is 124 Å². The summed E-state index contributed by atoms with van der Waals surface area (Å²) in [4.78, 5) is 11.1. The third kappa shape index (κ3) is 4.33. The summed E-state index contributed by atoms with van der Waals surface area (Å²) in [6.45, 7) is 1.81. The first-order chi connectivity index (χ1) is 9.82. The average molecular weight is 315 g/mol. The SMILES string of the molecule is CCCCN(CC(N)=O)S(=O)(=O)c1ccc(N)c(OC)c1. The summed E-state index contributed by atoms with van der Waals surface area (Å²) in [5.41, 5.74) is 11.1. The van der Waals surface area contributed by atoms with E-state index >= 15 is 0 Å². The highest BCUT2D eigenvalue weighted by Gasteiger charge is 2.26. The number of anilines is 1. The Bertz CT molecular complexity index is 601. The zero-order valence-corrected chi connectivity index (χ0v) is 13.0. The summed E-state index contributed by atoms with van der Waals surface area (Å²) < 4.78 is 31.2. The zero-order valence-electron chi connectivity index (χ0n) is 12.2. The quantitative estimate of drug-likeness (QED) is 0.680. The Morgan fingerprint density at radius 2 is 2.05 bits per heavy atom. The summed E-state index contributed by atoms with van der Waals surface area (Å²) in [7, 11) is -2.42. The van der Waals surface area contributed by atoms with E-state index in [1.165, 1.54) is 25.3 Å². The molecule has 1 aromatic rings. The second-order valence-electron chi connectivity index (χ2n) is 4.56. The molecule has 0 unspecified atom stereocenters. The monoisotopic (exact) mass is 315 g/mol. The van der Waals surface area contributed by atoms with Crippen molar-refractivity contribution in [1.29, 1.82) is 0 Å². The van der Waals surface area contributed by atoms with Crippen molar-refractivity contribution in [3.63, 3.8) is 0 Å². The summed E-state index contributed by atoms with van der Waals surface area (Å²) in [5, 5.41) is 0. The largest absolute Gasteiger partial charge is 0.495 e. The molecule has 118 valence electrons. The van der Waals surface area contributed by atoms with Crippen molar-refractivity contribution in [3.05, 3.63) is 18.2 Å². The Kier molecular flexibility index (Phi) is 5.98. The number of benzene rings is 1. The van der Waals surface area contributed by atoms with Gasteiger partial charge in [0.15, 0.2) is 0 Å². The third-order valence-electron chi connectivity index (χ3n) is 2.94. The molecule has 8 heteroatoms. The Balaban J connectivity index is 3.17. The van der Waals surface area contributed by atoms with Crippen LogP contribution in [0.3, 0.4) is 0 Å². The molecule has 4 N–H and O–H groups in total. The normalized spacial score (nSPS) is 11.6. The van der Waals surface area contributed by atoms with E-state index in [9.17, 15) is 13.2 Å². The Hall–Kier alpha value is -1.80. The number of nitrogens with two attached hydrogens (primary N) is 2. The van der Waals surface area contributed by atoms with Crippen LogP contribution in [0.15, 0.2) is 23.1 Å². The number of hydrogen-bond donors (Lipinski definition) is 2. The Morgan fingerprint density at radius 1 is 1.38 bits per heavy atom. The molecule has 1 amide bonds. The van der Waals surface area contributed by atoms with Crippen molar-refractivity contribution in [3.8, 4) is 5.75 Å². The van der Waals surface area contributed by atoms with Crippen molar-refractivity contribution >= 4 is 21.6 Å². The number of nitrogen functional groups attached to an aromatic ring is 1. The second kappa shape index (κ2) is 7.28. The molecule has 0 aliphatic carbocycles. The summed E-state index contributed by atoms with van der Waals surface area (Å²) in [6, 6.07) is 4.17. The lowest BCUT2D eigenvalue weighted by Gasteiger charge is -2.21. The first-order valence-electron chi connectivity index (χ1n) is 6.55. The maximum atomic E-state index is 12.6. The van der Waals surface area contributed by atoms with Crippen molar-refractivity contribution < 1.29 is 17.9 Å². The predicted molar refractivity (Wildman–Crippen MR) is 80.3 cm³/mol. The molecule has 0 bridgehead atoms. The maximum absolute atomic E-state index is 12.6. The van der Waals surface area contributed by atoms with Crippen LogP contribution in [-0.2, 0) is 14.8 Å². The minimum absolute atomic E-state index is 0.0194. The molecular formula is C13H21N3O4S. The first-order valence-corrected chi connectivity index (χ1v) is 7.99. The van der Waals surface area contributed by atoms with Crippen LogP contribution < -0.4 is 16.2 Å². The first kappa shape index (κ1) is 17.3. The number of nitrogens with zero attached hydrogens (tertiary/aromatic N) is 1. The molecule has 0 saturated carbocycles. The number of ether oxygens (including phenoxy) is 1. The van der Waals surface area contributed by atoms with Crippen molar-refractivity contribution in [1.82, 2.24) is 4.31 Å². The van der Waals surface area contributed by atoms with E-state index in [1.807, 2.05) is 6.92 Å². The molecule has 0 spiro atoms. The number of carbonyl (C=O) groups excluding carboxylic acids is 1. The predicted octanol–water partition coefficient (Wildman–Crippen LogP) is 0.554. The molecule has 0 atom stereocenters. The van der Waals surface area contributed by atoms with E-state index < -0.39 is 15.9 Å². The number of methoxy groups -OCH3 is 1. The lowest BCUT2D eigenvalue weighted by atomic mass is 10.3. The highest BCUT2D eigenvalue weighted by Crippen LogP contribution is 2.26. The van der Waals surface area contributed by atoms with Crippen LogP contribution >= 0.6 is 0 Å². The van der Waals surface area contributed by atoms with E-state index in [1.54, 1.807) is 0 Å². The van der Waals surface area contributed by atoms with E-state index in [4.69, 9.17) is 16.2 Å². The lowest BCUT2D eigenvalue weighted by molar-refractivity contribution is -0.118. The molecule has 0 aliphatic rings. The fourth-order valence-electron chi connectivity index (χ4n) is 1.79. The van der Waals surface area contributed by atoms with E-state index in [2.05, 4.69) is 0 Å². The van der Waals surface area contributed by atoms with Crippen LogP contribution in [0.1, 0.15) is 19.8 Å². The van der Waals surface area contributed by atoms with Crippen molar-refractivity contribution in [2.45, 2.75) is 24.7 Å². The highest BCUT2D eigenvalue weighted by molar-refractivity contribution is 7.89. The molecule has 0 aromatic heterocycles. The minimum atomic E-state index is -3.82. The molecule has 0 radical (unpaired) electrons. The average Bonchev–Trinajstić information content (AvgIpc) is 2.43. The third-order valence-corrected chi connectivity index (χ3v) is 4.78. The molecule has 1 aromatic carbocycles. The minimum Gasteiger partial charge on any atom is -0.495 e. The van der Waals surface area contributed by atoms with Gasteiger partial charge in [0, 0.05) is 12.6 Å². The van der Waals surface area contributed by atoms with Crippen molar-refractivity contribution in [2.75, 3.05) is 25.9 Å². The van der Waals surface area contributed by atoms with Gasteiger partial charge in [-0.05, 0) is 18.6 Å². The smallest absolute Gasteiger partial charge is 0.243 e. The number of rotatable bonds is 8. The van der Waals surface area contributed by atoms with Gasteiger partial charge in [0.1, 0.15) is 5.75 Å². The van der Waals surface area contributed by atoms with Gasteiger partial charge in [0.2, 0.25) is 15.9 Å². The van der Waals surface area contributed by atoms with Crippen LogP contribution in [0.5, 0.6) is 5.75 Å². The number of sulfonamides is 1. The summed E-state index contributed by atoms with van der Waals surface area (Å²) in [6.07, 6.45) is 1.44. The van der Waals surface area contributed by atoms with Crippen LogP contribution in [0, 0.1) is 0 Å². The van der Waals surface area contributed by atoms with Gasteiger partial charge in [0.05, 0.1) is 24.2 Å². The van der Waals surface area contributed by atoms with Crippen LogP contribution in [-0.4, -0.2) is 38.8 Å². The number of amides is 1. The van der Waals surface area contributed by atoms with E-state index in [0.29, 0.717) is 12.1 Å². The van der Waals surface area contributed by atoms with Gasteiger partial charge in [0.25, 0.3) is 0 Å². The van der Waals surface area contributed by atoms with Crippen molar-refractivity contribution in [2.24, 2.45) is 5.73 Å². The Morgan fingerprint density at radius 3 is 2.57 bits per heavy atom. The molecule has 0 aliphatic heterocycles. The topological polar surface area (TPSA) is 116 Å². The summed E-state index contributed by atoms with van der Waals surface area (Å²) in [5.74, 6) is -0.428. The highest BCUT2D eigenvalue weighted by atomic mass is 32.2. The fraction of sp³-hybridized carbons (Fsp3) is 0.462.